The van der Waals surface area contributed by atoms with Gasteiger partial charge in [-0.3, -0.25) is 19.5 Å². The number of nitrogens with one attached hydrogen (secondary N) is 1. The van der Waals surface area contributed by atoms with Crippen LogP contribution in [0.5, 0.6) is 0 Å². The van der Waals surface area contributed by atoms with Crippen LogP contribution in [0.3, 0.4) is 0 Å². The van der Waals surface area contributed by atoms with Crippen molar-refractivity contribution in [3.05, 3.63) is 63.6 Å². The van der Waals surface area contributed by atoms with E-state index in [0.29, 0.717) is 24.1 Å². The third-order valence-corrected chi connectivity index (χ3v) is 5.83. The van der Waals surface area contributed by atoms with Crippen LogP contribution in [0.15, 0.2) is 41.2 Å². The smallest absolute Gasteiger partial charge is 0.412 e. The molecule has 0 saturated carbocycles. The van der Waals surface area contributed by atoms with E-state index in [2.05, 4.69) is 17.4 Å². The number of fused-ring (bicyclic) bond motifs is 1. The Morgan fingerprint density at radius 3 is 2.41 bits per heavy atom. The summed E-state index contributed by atoms with van der Waals surface area (Å²) in [5.41, 5.74) is 0.594. The van der Waals surface area contributed by atoms with Crippen molar-refractivity contribution >= 4 is 23.5 Å². The summed E-state index contributed by atoms with van der Waals surface area (Å²) in [6.45, 7) is 6.52. The molecule has 8 heteroatoms. The molecule has 1 N–H and O–H groups in total. The van der Waals surface area contributed by atoms with Gasteiger partial charge in [-0.1, -0.05) is 30.3 Å². The minimum atomic E-state index is -0.868. The van der Waals surface area contributed by atoms with Crippen LogP contribution in [0.2, 0.25) is 0 Å². The van der Waals surface area contributed by atoms with E-state index in [1.54, 1.807) is 20.8 Å². The lowest BCUT2D eigenvalue weighted by Crippen LogP contribution is -2.34. The van der Waals surface area contributed by atoms with E-state index >= 15 is 0 Å². The van der Waals surface area contributed by atoms with Crippen LogP contribution in [0.25, 0.3) is 0 Å². The van der Waals surface area contributed by atoms with Crippen molar-refractivity contribution in [2.24, 2.45) is 0 Å². The summed E-state index contributed by atoms with van der Waals surface area (Å²) in [6.07, 6.45) is 1.91. The van der Waals surface area contributed by atoms with Gasteiger partial charge in [-0.25, -0.2) is 9.59 Å². The zero-order valence-electron chi connectivity index (χ0n) is 20.3. The number of aromatic nitrogens is 1. The average Bonchev–Trinajstić information content (AvgIpc) is 3.14. The fourth-order valence-electron chi connectivity index (χ4n) is 4.44. The Morgan fingerprint density at radius 1 is 1.15 bits per heavy atom. The molecule has 0 unspecified atom stereocenters. The lowest BCUT2D eigenvalue weighted by atomic mass is 9.91. The monoisotopic (exact) mass is 468 g/mol. The fraction of sp³-hybridized carbons (Fsp3) is 0.462. The van der Waals surface area contributed by atoms with Crippen LogP contribution in [0.1, 0.15) is 80.5 Å². The maximum atomic E-state index is 13.4. The van der Waals surface area contributed by atoms with Gasteiger partial charge in [0, 0.05) is 17.2 Å². The molecule has 0 aliphatic carbocycles. The molecule has 2 heterocycles. The van der Waals surface area contributed by atoms with Crippen LogP contribution in [-0.4, -0.2) is 35.1 Å². The molecule has 182 valence electrons. The van der Waals surface area contributed by atoms with Crippen molar-refractivity contribution in [3.63, 3.8) is 0 Å². The Labute approximate surface area is 199 Å². The first-order valence-electron chi connectivity index (χ1n) is 11.4. The Balaban J connectivity index is 1.98. The second-order valence-electron chi connectivity index (χ2n) is 9.56. The molecule has 1 aromatic carbocycles. The summed E-state index contributed by atoms with van der Waals surface area (Å²) >= 11 is 0. The lowest BCUT2D eigenvalue weighted by Gasteiger charge is -2.21. The molecular weight excluding hydrogens is 436 g/mol. The van der Waals surface area contributed by atoms with Gasteiger partial charge >= 0.3 is 12.1 Å². The minimum Gasteiger partial charge on any atom is -0.467 e. The number of rotatable bonds is 7. The van der Waals surface area contributed by atoms with E-state index in [1.807, 2.05) is 18.2 Å². The molecule has 1 amide bonds. The largest absolute Gasteiger partial charge is 0.467 e. The van der Waals surface area contributed by atoms with E-state index in [4.69, 9.17) is 9.47 Å². The Kier molecular flexibility index (Phi) is 7.59. The number of aryl methyl sites for hydroxylation is 1. The predicted molar refractivity (Wildman–Crippen MR) is 128 cm³/mol. The quantitative estimate of drug-likeness (QED) is 0.470. The summed E-state index contributed by atoms with van der Waals surface area (Å²) in [5.74, 6) is -0.984. The first-order valence-corrected chi connectivity index (χ1v) is 11.4. The maximum absolute atomic E-state index is 13.4. The van der Waals surface area contributed by atoms with Crippen molar-refractivity contribution in [3.8, 4) is 0 Å². The van der Waals surface area contributed by atoms with Crippen LogP contribution in [0, 0.1) is 0 Å². The average molecular weight is 469 g/mol. The van der Waals surface area contributed by atoms with Crippen molar-refractivity contribution in [2.75, 3.05) is 12.4 Å². The highest BCUT2D eigenvalue weighted by Gasteiger charge is 2.40. The predicted octanol–water partition coefficient (Wildman–Crippen LogP) is 4.62. The van der Waals surface area contributed by atoms with E-state index in [0.717, 1.165) is 12.8 Å². The Bertz CT molecular complexity index is 1130. The number of anilines is 1. The zero-order chi connectivity index (χ0) is 25.0. The Hall–Kier alpha value is -3.42. The number of ether oxygens (including phenoxy) is 2. The molecule has 8 nitrogen and oxygen atoms in total. The van der Waals surface area contributed by atoms with Crippen LogP contribution in [-0.2, 0) is 20.7 Å². The molecule has 1 aliphatic rings. The molecule has 34 heavy (non-hydrogen) atoms. The number of esters is 1. The number of amides is 1. The number of benzene rings is 1. The zero-order valence-corrected chi connectivity index (χ0v) is 20.3. The molecule has 0 saturated heterocycles. The molecule has 3 rings (SSSR count). The second-order valence-corrected chi connectivity index (χ2v) is 9.56. The summed E-state index contributed by atoms with van der Waals surface area (Å²) in [4.78, 5) is 50.9. The number of carbonyl (C=O) groups is 3. The number of pyridine rings is 1. The third kappa shape index (κ3) is 5.73. The Morgan fingerprint density at radius 2 is 1.82 bits per heavy atom. The van der Waals surface area contributed by atoms with E-state index < -0.39 is 29.3 Å². The molecule has 0 bridgehead atoms. The molecule has 1 aliphatic heterocycles. The van der Waals surface area contributed by atoms with Gasteiger partial charge < -0.3 is 9.47 Å². The van der Waals surface area contributed by atoms with Crippen molar-refractivity contribution in [1.29, 1.82) is 0 Å². The van der Waals surface area contributed by atoms with E-state index in [9.17, 15) is 19.2 Å². The number of ketones is 1. The number of nitrogens with zero attached hydrogens (tertiary/aromatic N) is 1. The minimum absolute atomic E-state index is 0.109. The number of methoxy groups -OCH3 is 1. The van der Waals surface area contributed by atoms with Crippen molar-refractivity contribution in [1.82, 2.24) is 4.57 Å². The molecule has 1 aromatic heterocycles. The SMILES string of the molecule is COC(=O)[C@@H]1C[C@@H](CCCc2ccccc2)c2c(C(C)=O)cc(NC(=O)OC(C)(C)C)c(=O)n21. The lowest BCUT2D eigenvalue weighted by molar-refractivity contribution is -0.144. The number of hydrogen-bond acceptors (Lipinski definition) is 6. The summed E-state index contributed by atoms with van der Waals surface area (Å²) in [7, 11) is 1.27. The van der Waals surface area contributed by atoms with Crippen LogP contribution >= 0.6 is 0 Å². The van der Waals surface area contributed by atoms with Gasteiger partial charge in [0.2, 0.25) is 0 Å². The highest BCUT2D eigenvalue weighted by molar-refractivity contribution is 5.97. The van der Waals surface area contributed by atoms with Gasteiger partial charge in [-0.2, -0.15) is 0 Å². The number of hydrogen-bond donors (Lipinski definition) is 1. The summed E-state index contributed by atoms with van der Waals surface area (Å²) in [5, 5.41) is 2.45. The van der Waals surface area contributed by atoms with Gasteiger partial charge in [0.1, 0.15) is 17.3 Å². The molecule has 0 spiro atoms. The van der Waals surface area contributed by atoms with E-state index in [-0.39, 0.29) is 17.4 Å². The van der Waals surface area contributed by atoms with Crippen molar-refractivity contribution < 1.29 is 23.9 Å². The molecular formula is C26H32N2O6. The van der Waals surface area contributed by atoms with Gasteiger partial charge in [0.05, 0.1) is 7.11 Å². The van der Waals surface area contributed by atoms with Gasteiger partial charge in [-0.15, -0.1) is 0 Å². The normalized spacial score (nSPS) is 17.1. The van der Waals surface area contributed by atoms with E-state index in [1.165, 1.54) is 30.2 Å². The highest BCUT2D eigenvalue weighted by Crippen LogP contribution is 2.41. The molecule has 2 atom stereocenters. The van der Waals surface area contributed by atoms with Crippen molar-refractivity contribution in [2.45, 2.75) is 70.9 Å². The second kappa shape index (κ2) is 10.2. The third-order valence-electron chi connectivity index (χ3n) is 5.83. The van der Waals surface area contributed by atoms with Gasteiger partial charge in [0.15, 0.2) is 5.78 Å². The van der Waals surface area contributed by atoms with Gasteiger partial charge in [0.25, 0.3) is 5.56 Å². The first kappa shape index (κ1) is 25.2. The fourth-order valence-corrected chi connectivity index (χ4v) is 4.44. The van der Waals surface area contributed by atoms with Crippen LogP contribution in [0.4, 0.5) is 10.5 Å². The highest BCUT2D eigenvalue weighted by atomic mass is 16.6. The van der Waals surface area contributed by atoms with Gasteiger partial charge in [-0.05, 0) is 65.0 Å². The summed E-state index contributed by atoms with van der Waals surface area (Å²) in [6, 6.07) is 10.6. The maximum Gasteiger partial charge on any atom is 0.412 e. The summed E-state index contributed by atoms with van der Waals surface area (Å²) < 4.78 is 11.5. The standard InChI is InChI=1S/C26H32N2O6/c1-16(29)19-15-20(27-25(32)34-26(2,3)4)23(30)28-21(24(31)33-5)14-18(22(19)28)13-9-12-17-10-7-6-8-11-17/h6-8,10-11,15,18,21H,9,12-14H2,1-5H3,(H,27,32)/t18-,21+/m1/s1. The topological polar surface area (TPSA) is 104 Å². The molecule has 0 radical (unpaired) electrons. The molecule has 0 fully saturated rings. The first-order chi connectivity index (χ1) is 16.0. The number of Topliss-reactive ketones (excluding diaryl/α,β-unsaturated/α-hetero) is 1. The number of carbonyl (C=O) groups excluding carboxylic acids is 3. The molecule has 2 aromatic rings. The van der Waals surface area contributed by atoms with Crippen LogP contribution < -0.4 is 10.9 Å².